The molecule has 98 valence electrons. The highest BCUT2D eigenvalue weighted by Crippen LogP contribution is 2.22. The van der Waals surface area contributed by atoms with E-state index in [1.165, 1.54) is 35.6 Å². The Hall–Kier alpha value is -1.92. The molecular weight excluding hydrogens is 290 g/mol. The van der Waals surface area contributed by atoms with Crippen LogP contribution in [0.2, 0.25) is 4.34 Å². The van der Waals surface area contributed by atoms with Crippen LogP contribution >= 0.6 is 22.9 Å². The monoisotopic (exact) mass is 297 g/mol. The fourth-order valence-corrected chi connectivity index (χ4v) is 2.32. The molecule has 0 aliphatic carbocycles. The first-order valence-electron chi connectivity index (χ1n) is 5.22. The van der Waals surface area contributed by atoms with Gasteiger partial charge in [-0.2, -0.15) is 0 Å². The molecule has 2 aromatic rings. The van der Waals surface area contributed by atoms with E-state index in [4.69, 9.17) is 16.3 Å². The smallest absolute Gasteiger partial charge is 0.269 e. The van der Waals surface area contributed by atoms with Crippen molar-refractivity contribution in [2.75, 3.05) is 6.61 Å². The Bertz CT molecular complexity index is 608. The molecule has 0 unspecified atom stereocenters. The molecule has 0 bridgehead atoms. The highest BCUT2D eigenvalue weighted by atomic mass is 35.5. The van der Waals surface area contributed by atoms with Crippen LogP contribution in [0.25, 0.3) is 0 Å². The number of hydrogen-bond acceptors (Lipinski definition) is 5. The lowest BCUT2D eigenvalue weighted by Gasteiger charge is -2.03. The fourth-order valence-electron chi connectivity index (χ4n) is 1.35. The lowest BCUT2D eigenvalue weighted by atomic mass is 10.3. The van der Waals surface area contributed by atoms with Crippen LogP contribution in [-0.2, 0) is 0 Å². The van der Waals surface area contributed by atoms with E-state index in [-0.39, 0.29) is 18.1 Å². The van der Waals surface area contributed by atoms with Crippen molar-refractivity contribution >= 4 is 34.4 Å². The number of Topliss-reactive ketones (excluding diaryl/α,β-unsaturated/α-hetero) is 1. The van der Waals surface area contributed by atoms with Crippen LogP contribution in [0.5, 0.6) is 5.75 Å². The number of nitro benzene ring substituents is 1. The van der Waals surface area contributed by atoms with Crippen molar-refractivity contribution in [2.24, 2.45) is 0 Å². The van der Waals surface area contributed by atoms with Crippen LogP contribution in [0, 0.1) is 10.1 Å². The topological polar surface area (TPSA) is 69.4 Å². The van der Waals surface area contributed by atoms with Crippen molar-refractivity contribution in [2.45, 2.75) is 0 Å². The van der Waals surface area contributed by atoms with E-state index in [0.29, 0.717) is 15.0 Å². The number of halogens is 1. The summed E-state index contributed by atoms with van der Waals surface area (Å²) in [4.78, 5) is 22.2. The molecule has 0 spiro atoms. The number of carbonyl (C=O) groups excluding carboxylic acids is 1. The molecule has 0 N–H and O–H groups in total. The Balaban J connectivity index is 1.95. The largest absolute Gasteiger partial charge is 0.485 e. The molecule has 0 saturated carbocycles. The van der Waals surface area contributed by atoms with Gasteiger partial charge >= 0.3 is 0 Å². The Morgan fingerprint density at radius 1 is 1.26 bits per heavy atom. The predicted molar refractivity (Wildman–Crippen MR) is 72.3 cm³/mol. The van der Waals surface area contributed by atoms with Gasteiger partial charge in [0.05, 0.1) is 14.1 Å². The molecule has 0 aliphatic heterocycles. The van der Waals surface area contributed by atoms with Gasteiger partial charge in [-0.3, -0.25) is 14.9 Å². The van der Waals surface area contributed by atoms with Gasteiger partial charge in [0.2, 0.25) is 5.78 Å². The van der Waals surface area contributed by atoms with Gasteiger partial charge in [-0.1, -0.05) is 11.6 Å². The second-order valence-electron chi connectivity index (χ2n) is 3.57. The fraction of sp³-hybridized carbons (Fsp3) is 0.0833. The van der Waals surface area contributed by atoms with Gasteiger partial charge in [-0.05, 0) is 24.3 Å². The minimum Gasteiger partial charge on any atom is -0.485 e. The highest BCUT2D eigenvalue weighted by molar-refractivity contribution is 7.18. The van der Waals surface area contributed by atoms with Crippen molar-refractivity contribution < 1.29 is 14.5 Å². The average molecular weight is 298 g/mol. The molecule has 0 fully saturated rings. The van der Waals surface area contributed by atoms with Crippen molar-refractivity contribution in [3.8, 4) is 5.75 Å². The molecule has 0 aliphatic rings. The molecule has 2 rings (SSSR count). The second-order valence-corrected chi connectivity index (χ2v) is 5.28. The normalized spacial score (nSPS) is 10.2. The lowest BCUT2D eigenvalue weighted by Crippen LogP contribution is -2.09. The number of ether oxygens (including phenoxy) is 1. The van der Waals surface area contributed by atoms with Crippen molar-refractivity contribution in [3.05, 3.63) is 55.7 Å². The van der Waals surface area contributed by atoms with Crippen LogP contribution in [-0.4, -0.2) is 17.3 Å². The van der Waals surface area contributed by atoms with Crippen LogP contribution in [0.4, 0.5) is 5.69 Å². The number of non-ortho nitro benzene ring substituents is 1. The van der Waals surface area contributed by atoms with Crippen molar-refractivity contribution in [3.63, 3.8) is 0 Å². The average Bonchev–Trinajstić information content (AvgIpc) is 2.83. The summed E-state index contributed by atoms with van der Waals surface area (Å²) >= 11 is 6.91. The minimum absolute atomic E-state index is 0.0243. The molecule has 1 aromatic heterocycles. The number of hydrogen-bond donors (Lipinski definition) is 0. The minimum atomic E-state index is -0.497. The van der Waals surface area contributed by atoms with Crippen LogP contribution in [0.15, 0.2) is 36.4 Å². The van der Waals surface area contributed by atoms with Gasteiger partial charge in [-0.25, -0.2) is 0 Å². The third kappa shape index (κ3) is 3.52. The third-order valence-electron chi connectivity index (χ3n) is 2.27. The second kappa shape index (κ2) is 5.81. The summed E-state index contributed by atoms with van der Waals surface area (Å²) in [7, 11) is 0. The number of benzene rings is 1. The molecule has 0 saturated heterocycles. The van der Waals surface area contributed by atoms with E-state index in [1.54, 1.807) is 12.1 Å². The Labute approximate surface area is 117 Å². The summed E-state index contributed by atoms with van der Waals surface area (Å²) in [6.07, 6.45) is 0. The maximum atomic E-state index is 11.7. The maximum Gasteiger partial charge on any atom is 0.269 e. The summed E-state index contributed by atoms with van der Waals surface area (Å²) in [5.41, 5.74) is -0.0243. The quantitative estimate of drug-likeness (QED) is 0.480. The summed E-state index contributed by atoms with van der Waals surface area (Å²) in [6.45, 7) is -0.130. The summed E-state index contributed by atoms with van der Waals surface area (Å²) in [6, 6.07) is 8.82. The summed E-state index contributed by atoms with van der Waals surface area (Å²) in [5, 5.41) is 10.5. The molecule has 0 amide bonds. The Morgan fingerprint density at radius 2 is 1.95 bits per heavy atom. The molecule has 0 radical (unpaired) electrons. The first-order valence-corrected chi connectivity index (χ1v) is 6.41. The highest BCUT2D eigenvalue weighted by Gasteiger charge is 2.10. The number of carbonyl (C=O) groups is 1. The zero-order valence-corrected chi connectivity index (χ0v) is 11.1. The zero-order chi connectivity index (χ0) is 13.8. The van der Waals surface area contributed by atoms with E-state index < -0.39 is 4.92 Å². The molecule has 1 aromatic carbocycles. The third-order valence-corrected chi connectivity index (χ3v) is 3.54. The SMILES string of the molecule is O=C(COc1ccc([N+](=O)[O-])cc1)c1ccc(Cl)s1. The molecular formula is C12H8ClNO4S. The van der Waals surface area contributed by atoms with Crippen molar-refractivity contribution in [1.29, 1.82) is 0 Å². The van der Waals surface area contributed by atoms with Gasteiger partial charge in [0.25, 0.3) is 5.69 Å². The van der Waals surface area contributed by atoms with Gasteiger partial charge in [-0.15, -0.1) is 11.3 Å². The molecule has 1 heterocycles. The zero-order valence-electron chi connectivity index (χ0n) is 9.54. The van der Waals surface area contributed by atoms with E-state index in [0.717, 1.165) is 0 Å². The maximum absolute atomic E-state index is 11.7. The Kier molecular flexibility index (Phi) is 4.13. The number of ketones is 1. The van der Waals surface area contributed by atoms with Crippen LogP contribution in [0.1, 0.15) is 9.67 Å². The van der Waals surface area contributed by atoms with Gasteiger partial charge < -0.3 is 4.74 Å². The van der Waals surface area contributed by atoms with E-state index in [1.807, 2.05) is 0 Å². The van der Waals surface area contributed by atoms with Crippen LogP contribution < -0.4 is 4.74 Å². The number of thiophene rings is 1. The van der Waals surface area contributed by atoms with Crippen LogP contribution in [0.3, 0.4) is 0 Å². The predicted octanol–water partition coefficient (Wildman–Crippen LogP) is 3.57. The number of nitro groups is 1. The lowest BCUT2D eigenvalue weighted by molar-refractivity contribution is -0.384. The molecule has 5 nitrogen and oxygen atoms in total. The number of nitrogens with zero attached hydrogens (tertiary/aromatic N) is 1. The molecule has 7 heteroatoms. The van der Waals surface area contributed by atoms with Gasteiger partial charge in [0.1, 0.15) is 5.75 Å². The summed E-state index contributed by atoms with van der Waals surface area (Å²) in [5.74, 6) is 0.219. The standard InChI is InChI=1S/C12H8ClNO4S/c13-12-6-5-11(19-12)10(15)7-18-9-3-1-8(2-4-9)14(16)17/h1-6H,7H2. The first-order chi connectivity index (χ1) is 9.06. The summed E-state index contributed by atoms with van der Waals surface area (Å²) < 4.78 is 5.80. The van der Waals surface area contributed by atoms with Crippen molar-refractivity contribution in [1.82, 2.24) is 0 Å². The molecule has 0 atom stereocenters. The van der Waals surface area contributed by atoms with Gasteiger partial charge in [0, 0.05) is 12.1 Å². The first kappa shape index (κ1) is 13.5. The van der Waals surface area contributed by atoms with E-state index in [9.17, 15) is 14.9 Å². The van der Waals surface area contributed by atoms with E-state index >= 15 is 0 Å². The van der Waals surface area contributed by atoms with E-state index in [2.05, 4.69) is 0 Å². The Morgan fingerprint density at radius 3 is 2.47 bits per heavy atom. The number of rotatable bonds is 5. The van der Waals surface area contributed by atoms with Gasteiger partial charge in [0.15, 0.2) is 6.61 Å². The molecule has 19 heavy (non-hydrogen) atoms.